The van der Waals surface area contributed by atoms with Gasteiger partial charge in [-0.2, -0.15) is 0 Å². The van der Waals surface area contributed by atoms with Crippen LogP contribution in [0.1, 0.15) is 11.1 Å². The van der Waals surface area contributed by atoms with E-state index in [2.05, 4.69) is 41.5 Å². The molecule has 0 unspecified atom stereocenters. The predicted molar refractivity (Wildman–Crippen MR) is 82.5 cm³/mol. The fourth-order valence-corrected chi connectivity index (χ4v) is 2.91. The summed E-state index contributed by atoms with van der Waals surface area (Å²) in [7, 11) is 0. The Hall–Kier alpha value is -2.07. The van der Waals surface area contributed by atoms with Crippen molar-refractivity contribution in [3.8, 4) is 0 Å². The first kappa shape index (κ1) is 12.0. The molecule has 0 fully saturated rings. The van der Waals surface area contributed by atoms with Gasteiger partial charge in [0.15, 0.2) is 5.13 Å². The first-order valence-electron chi connectivity index (χ1n) is 6.17. The monoisotopic (exact) mass is 269 g/mol. The molecule has 0 amide bonds. The second-order valence-electron chi connectivity index (χ2n) is 4.53. The van der Waals surface area contributed by atoms with Crippen molar-refractivity contribution in [2.45, 2.75) is 13.5 Å². The topological polar surface area (TPSA) is 50.9 Å². The van der Waals surface area contributed by atoms with Crippen LogP contribution in [-0.4, -0.2) is 4.98 Å². The van der Waals surface area contributed by atoms with Crippen LogP contribution in [0.25, 0.3) is 10.2 Å². The van der Waals surface area contributed by atoms with Crippen molar-refractivity contribution in [3.05, 3.63) is 53.6 Å². The van der Waals surface area contributed by atoms with E-state index in [-0.39, 0.29) is 0 Å². The third-order valence-electron chi connectivity index (χ3n) is 3.10. The van der Waals surface area contributed by atoms with E-state index >= 15 is 0 Å². The first-order chi connectivity index (χ1) is 9.22. The van der Waals surface area contributed by atoms with E-state index in [0.29, 0.717) is 0 Å². The molecule has 0 atom stereocenters. The average molecular weight is 269 g/mol. The van der Waals surface area contributed by atoms with Gasteiger partial charge in [0.05, 0.1) is 10.2 Å². The maximum atomic E-state index is 5.78. The molecule has 1 aromatic heterocycles. The van der Waals surface area contributed by atoms with E-state index < -0.39 is 0 Å². The molecular formula is C15H15N3S. The lowest BCUT2D eigenvalue weighted by molar-refractivity contribution is 1.11. The highest BCUT2D eigenvalue weighted by molar-refractivity contribution is 7.22. The Morgan fingerprint density at radius 3 is 2.89 bits per heavy atom. The van der Waals surface area contributed by atoms with Crippen LogP contribution >= 0.6 is 11.3 Å². The van der Waals surface area contributed by atoms with Gasteiger partial charge in [0.2, 0.25) is 0 Å². The Labute approximate surface area is 116 Å². The largest absolute Gasteiger partial charge is 0.399 e. The fraction of sp³-hybridized carbons (Fsp3) is 0.133. The third-order valence-corrected chi connectivity index (χ3v) is 4.08. The van der Waals surface area contributed by atoms with E-state index in [1.165, 1.54) is 11.1 Å². The number of benzene rings is 2. The fourth-order valence-electron chi connectivity index (χ4n) is 2.00. The molecule has 3 nitrogen and oxygen atoms in total. The van der Waals surface area contributed by atoms with Crippen LogP contribution in [0.5, 0.6) is 0 Å². The molecule has 0 aliphatic heterocycles. The van der Waals surface area contributed by atoms with E-state index in [1.807, 2.05) is 18.2 Å². The summed E-state index contributed by atoms with van der Waals surface area (Å²) in [5.41, 5.74) is 10.1. The van der Waals surface area contributed by atoms with Crippen LogP contribution in [0.3, 0.4) is 0 Å². The van der Waals surface area contributed by atoms with Crippen molar-refractivity contribution in [2.75, 3.05) is 11.1 Å². The zero-order chi connectivity index (χ0) is 13.2. The van der Waals surface area contributed by atoms with Crippen molar-refractivity contribution >= 4 is 32.4 Å². The van der Waals surface area contributed by atoms with E-state index in [9.17, 15) is 0 Å². The predicted octanol–water partition coefficient (Wildman–Crippen LogP) is 3.80. The van der Waals surface area contributed by atoms with Crippen LogP contribution in [0.15, 0.2) is 42.5 Å². The highest BCUT2D eigenvalue weighted by Crippen LogP contribution is 2.27. The van der Waals surface area contributed by atoms with E-state index in [4.69, 9.17) is 5.73 Å². The van der Waals surface area contributed by atoms with Crippen molar-refractivity contribution in [1.82, 2.24) is 4.98 Å². The smallest absolute Gasteiger partial charge is 0.184 e. The number of nitrogens with one attached hydrogen (secondary N) is 1. The molecule has 3 rings (SSSR count). The molecule has 19 heavy (non-hydrogen) atoms. The van der Waals surface area contributed by atoms with Crippen LogP contribution in [0.2, 0.25) is 0 Å². The zero-order valence-electron chi connectivity index (χ0n) is 10.7. The number of nitrogens with two attached hydrogens (primary N) is 1. The number of rotatable bonds is 3. The molecule has 0 bridgehead atoms. The SMILES string of the molecule is Cc1ccccc1CNc1nc2ccc(N)cc2s1. The van der Waals surface area contributed by atoms with Gasteiger partial charge in [-0.05, 0) is 36.2 Å². The summed E-state index contributed by atoms with van der Waals surface area (Å²) >= 11 is 1.63. The maximum absolute atomic E-state index is 5.78. The molecular weight excluding hydrogens is 254 g/mol. The normalized spacial score (nSPS) is 10.8. The number of aryl methyl sites for hydroxylation is 1. The Morgan fingerprint density at radius 2 is 2.05 bits per heavy atom. The molecule has 3 aromatic rings. The van der Waals surface area contributed by atoms with Crippen molar-refractivity contribution in [3.63, 3.8) is 0 Å². The van der Waals surface area contributed by atoms with Crippen LogP contribution in [0, 0.1) is 6.92 Å². The molecule has 0 saturated carbocycles. The Balaban J connectivity index is 1.80. The summed E-state index contributed by atoms with van der Waals surface area (Å²) in [6.45, 7) is 2.91. The lowest BCUT2D eigenvalue weighted by atomic mass is 10.1. The molecule has 3 N–H and O–H groups in total. The van der Waals surface area contributed by atoms with Crippen LogP contribution in [-0.2, 0) is 6.54 Å². The Kier molecular flexibility index (Phi) is 3.09. The lowest BCUT2D eigenvalue weighted by Crippen LogP contribution is -2.00. The van der Waals surface area contributed by atoms with Crippen molar-refractivity contribution in [1.29, 1.82) is 0 Å². The molecule has 4 heteroatoms. The van der Waals surface area contributed by atoms with E-state index in [0.717, 1.165) is 27.6 Å². The summed E-state index contributed by atoms with van der Waals surface area (Å²) in [5.74, 6) is 0. The third kappa shape index (κ3) is 2.53. The number of fused-ring (bicyclic) bond motifs is 1. The number of hydrogen-bond donors (Lipinski definition) is 2. The quantitative estimate of drug-likeness (QED) is 0.711. The highest BCUT2D eigenvalue weighted by atomic mass is 32.1. The lowest BCUT2D eigenvalue weighted by Gasteiger charge is -2.05. The first-order valence-corrected chi connectivity index (χ1v) is 6.98. The zero-order valence-corrected chi connectivity index (χ0v) is 11.5. The number of nitrogens with zero attached hydrogens (tertiary/aromatic N) is 1. The number of hydrogen-bond acceptors (Lipinski definition) is 4. The van der Waals surface area contributed by atoms with Gasteiger partial charge in [-0.1, -0.05) is 35.6 Å². The summed E-state index contributed by atoms with van der Waals surface area (Å²) < 4.78 is 1.12. The van der Waals surface area contributed by atoms with Gasteiger partial charge in [0, 0.05) is 12.2 Å². The molecule has 0 aliphatic rings. The number of thiazole rings is 1. The minimum absolute atomic E-state index is 0.779. The van der Waals surface area contributed by atoms with Gasteiger partial charge in [-0.3, -0.25) is 0 Å². The average Bonchev–Trinajstić information content (AvgIpc) is 2.79. The molecule has 96 valence electrons. The summed E-state index contributed by atoms with van der Waals surface area (Å²) in [5, 5.41) is 4.31. The van der Waals surface area contributed by atoms with Gasteiger partial charge in [-0.15, -0.1) is 0 Å². The molecule has 2 aromatic carbocycles. The van der Waals surface area contributed by atoms with Gasteiger partial charge < -0.3 is 11.1 Å². The van der Waals surface area contributed by atoms with Crippen molar-refractivity contribution < 1.29 is 0 Å². The van der Waals surface area contributed by atoms with Crippen LogP contribution < -0.4 is 11.1 Å². The molecule has 0 spiro atoms. The van der Waals surface area contributed by atoms with E-state index in [1.54, 1.807) is 11.3 Å². The van der Waals surface area contributed by atoms with Gasteiger partial charge in [0.25, 0.3) is 0 Å². The maximum Gasteiger partial charge on any atom is 0.184 e. The molecule has 1 heterocycles. The second kappa shape index (κ2) is 4.90. The molecule has 0 saturated heterocycles. The van der Waals surface area contributed by atoms with Crippen molar-refractivity contribution in [2.24, 2.45) is 0 Å². The van der Waals surface area contributed by atoms with Crippen LogP contribution in [0.4, 0.5) is 10.8 Å². The number of anilines is 2. The second-order valence-corrected chi connectivity index (χ2v) is 5.56. The molecule has 0 aliphatic carbocycles. The van der Waals surface area contributed by atoms with Gasteiger partial charge >= 0.3 is 0 Å². The summed E-state index contributed by atoms with van der Waals surface area (Å²) in [4.78, 5) is 4.55. The van der Waals surface area contributed by atoms with Gasteiger partial charge in [0.1, 0.15) is 0 Å². The minimum Gasteiger partial charge on any atom is -0.399 e. The minimum atomic E-state index is 0.779. The number of nitrogen functional groups attached to an aromatic ring is 1. The van der Waals surface area contributed by atoms with Gasteiger partial charge in [-0.25, -0.2) is 4.98 Å². The summed E-state index contributed by atoms with van der Waals surface area (Å²) in [6.07, 6.45) is 0. The standard InChI is InChI=1S/C15H15N3S/c1-10-4-2-3-5-11(10)9-17-15-18-13-7-6-12(16)8-14(13)19-15/h2-8H,9,16H2,1H3,(H,17,18). The summed E-state index contributed by atoms with van der Waals surface area (Å²) in [6, 6.07) is 14.2. The number of aromatic nitrogens is 1. The Bertz CT molecular complexity index is 718. The Morgan fingerprint density at radius 1 is 1.21 bits per heavy atom. The highest BCUT2D eigenvalue weighted by Gasteiger charge is 2.04. The molecule has 0 radical (unpaired) electrons.